The largest absolute Gasteiger partial charge is 0.339 e. The predicted octanol–water partition coefficient (Wildman–Crippen LogP) is -0.138. The maximum absolute atomic E-state index is 12.7. The summed E-state index contributed by atoms with van der Waals surface area (Å²) in [4.78, 5) is 24.5. The quantitative estimate of drug-likeness (QED) is 0.716. The molecular weight excluding hydrogens is 302 g/mol. The van der Waals surface area contributed by atoms with Gasteiger partial charge in [0, 0.05) is 64.9 Å². The highest BCUT2D eigenvalue weighted by Gasteiger charge is 2.28. The first-order valence-corrected chi connectivity index (χ1v) is 9.73. The molecule has 1 atom stereocenters. The lowest BCUT2D eigenvalue weighted by atomic mass is 10.1. The molecule has 3 fully saturated rings. The first kappa shape index (κ1) is 18.1. The summed E-state index contributed by atoms with van der Waals surface area (Å²) in [5, 5.41) is 0. The topological polar surface area (TPSA) is 33.3 Å². The van der Waals surface area contributed by atoms with E-state index in [1.807, 2.05) is 0 Å². The molecule has 3 heterocycles. The average molecular weight is 338 g/mol. The van der Waals surface area contributed by atoms with Crippen LogP contribution in [0.4, 0.5) is 0 Å². The Labute approximate surface area is 147 Å². The molecule has 3 aliphatic rings. The predicted molar refractivity (Wildman–Crippen MR) is 97.2 cm³/mol. The molecule has 3 saturated heterocycles. The highest BCUT2D eigenvalue weighted by Crippen LogP contribution is 2.18. The third-order valence-electron chi connectivity index (χ3n) is 6.00. The Morgan fingerprint density at radius 2 is 1.46 bits per heavy atom. The van der Waals surface area contributed by atoms with Crippen molar-refractivity contribution in [3.8, 4) is 0 Å². The minimum Gasteiger partial charge on any atom is -0.339 e. The Kier molecular flexibility index (Phi) is 6.49. The van der Waals surface area contributed by atoms with E-state index in [1.165, 1.54) is 45.4 Å². The smallest absolute Gasteiger partial charge is 0.236 e. The van der Waals surface area contributed by atoms with Gasteiger partial charge in [0.1, 0.15) is 0 Å². The van der Waals surface area contributed by atoms with Crippen LogP contribution in [0, 0.1) is 0 Å². The molecule has 3 rings (SSSR count). The summed E-state index contributed by atoms with van der Waals surface area (Å²) in [5.41, 5.74) is 0. The van der Waals surface area contributed by atoms with Crippen molar-refractivity contribution in [2.24, 2.45) is 0 Å². The monoisotopic (exact) mass is 337 g/mol. The Bertz CT molecular complexity index is 402. The molecule has 0 aromatic carbocycles. The van der Waals surface area contributed by atoms with E-state index in [-0.39, 0.29) is 0 Å². The molecule has 1 amide bonds. The van der Waals surface area contributed by atoms with Crippen molar-refractivity contribution in [1.29, 1.82) is 0 Å². The second-order valence-electron chi connectivity index (χ2n) is 7.91. The Morgan fingerprint density at radius 3 is 2.12 bits per heavy atom. The number of amides is 1. The summed E-state index contributed by atoms with van der Waals surface area (Å²) in [7, 11) is 4.35. The van der Waals surface area contributed by atoms with Crippen LogP contribution in [0.3, 0.4) is 0 Å². The number of hydrogen-bond acceptors (Lipinski definition) is 5. The van der Waals surface area contributed by atoms with E-state index in [9.17, 15) is 4.79 Å². The van der Waals surface area contributed by atoms with Gasteiger partial charge in [-0.15, -0.1) is 0 Å². The average Bonchev–Trinajstić information content (AvgIpc) is 2.82. The van der Waals surface area contributed by atoms with Crippen LogP contribution in [0.2, 0.25) is 0 Å². The Hall–Kier alpha value is -0.690. The Balaban J connectivity index is 1.50. The van der Waals surface area contributed by atoms with Gasteiger partial charge in [-0.3, -0.25) is 14.6 Å². The van der Waals surface area contributed by atoms with E-state index in [4.69, 9.17) is 0 Å². The number of rotatable bonds is 3. The van der Waals surface area contributed by atoms with E-state index in [2.05, 4.69) is 38.6 Å². The maximum Gasteiger partial charge on any atom is 0.236 e. The third kappa shape index (κ3) is 4.91. The van der Waals surface area contributed by atoms with Crippen molar-refractivity contribution in [1.82, 2.24) is 24.5 Å². The molecule has 0 N–H and O–H groups in total. The number of nitrogens with zero attached hydrogens (tertiary/aromatic N) is 5. The lowest BCUT2D eigenvalue weighted by Crippen LogP contribution is -2.53. The molecule has 0 radical (unpaired) electrons. The summed E-state index contributed by atoms with van der Waals surface area (Å²) in [6.07, 6.45) is 3.83. The highest BCUT2D eigenvalue weighted by atomic mass is 16.2. The van der Waals surface area contributed by atoms with Gasteiger partial charge in [0.25, 0.3) is 0 Å². The van der Waals surface area contributed by atoms with E-state index in [1.54, 1.807) is 0 Å². The standard InChI is InChI=1S/C18H35N5O/c1-19-7-11-22(12-8-19)17-5-3-4-6-21(15-17)16-18(24)23-13-9-20(2)10-14-23/h17H,3-16H2,1-2H3. The number of piperazine rings is 2. The van der Waals surface area contributed by atoms with Crippen LogP contribution in [-0.2, 0) is 4.79 Å². The number of hydrogen-bond donors (Lipinski definition) is 0. The van der Waals surface area contributed by atoms with Gasteiger partial charge in [-0.2, -0.15) is 0 Å². The van der Waals surface area contributed by atoms with Crippen molar-refractivity contribution >= 4 is 5.91 Å². The van der Waals surface area contributed by atoms with Crippen LogP contribution >= 0.6 is 0 Å². The molecule has 6 nitrogen and oxygen atoms in total. The molecule has 3 aliphatic heterocycles. The first-order chi connectivity index (χ1) is 11.6. The van der Waals surface area contributed by atoms with E-state index >= 15 is 0 Å². The molecule has 1 unspecified atom stereocenters. The second kappa shape index (κ2) is 8.61. The molecule has 0 aliphatic carbocycles. The first-order valence-electron chi connectivity index (χ1n) is 9.73. The van der Waals surface area contributed by atoms with Gasteiger partial charge in [0.2, 0.25) is 5.91 Å². The normalized spacial score (nSPS) is 29.6. The van der Waals surface area contributed by atoms with E-state index < -0.39 is 0 Å². The number of carbonyl (C=O) groups is 1. The summed E-state index contributed by atoms with van der Waals surface area (Å²) in [6.45, 7) is 11.3. The van der Waals surface area contributed by atoms with Crippen molar-refractivity contribution < 1.29 is 4.79 Å². The van der Waals surface area contributed by atoms with Gasteiger partial charge in [-0.05, 0) is 33.5 Å². The van der Waals surface area contributed by atoms with Crippen molar-refractivity contribution in [2.75, 3.05) is 86.1 Å². The third-order valence-corrected chi connectivity index (χ3v) is 6.00. The summed E-state index contributed by atoms with van der Waals surface area (Å²) < 4.78 is 0. The number of likely N-dealkylation sites (N-methyl/N-ethyl adjacent to an activating group) is 2. The van der Waals surface area contributed by atoms with Crippen LogP contribution in [0.1, 0.15) is 19.3 Å². The summed E-state index contributed by atoms with van der Waals surface area (Å²) in [5.74, 6) is 0.335. The molecule has 0 aromatic heterocycles. The van der Waals surface area contributed by atoms with Gasteiger partial charge in [0.05, 0.1) is 6.54 Å². The molecule has 0 spiro atoms. The van der Waals surface area contributed by atoms with Crippen molar-refractivity contribution in [3.63, 3.8) is 0 Å². The summed E-state index contributed by atoms with van der Waals surface area (Å²) in [6, 6.07) is 0.640. The molecule has 6 heteroatoms. The number of likely N-dealkylation sites (tertiary alicyclic amines) is 1. The SMILES string of the molecule is CN1CCN(C(=O)CN2CCCCC(N3CCN(C)CC3)C2)CC1. The fraction of sp³-hybridized carbons (Fsp3) is 0.944. The fourth-order valence-corrected chi connectivity index (χ4v) is 4.17. The van der Waals surface area contributed by atoms with E-state index in [0.29, 0.717) is 18.5 Å². The summed E-state index contributed by atoms with van der Waals surface area (Å²) >= 11 is 0. The zero-order chi connectivity index (χ0) is 16.9. The van der Waals surface area contributed by atoms with Gasteiger partial charge >= 0.3 is 0 Å². The highest BCUT2D eigenvalue weighted by molar-refractivity contribution is 5.78. The van der Waals surface area contributed by atoms with Crippen LogP contribution in [-0.4, -0.2) is 123 Å². The molecule has 0 saturated carbocycles. The van der Waals surface area contributed by atoms with E-state index in [0.717, 1.165) is 39.3 Å². The zero-order valence-electron chi connectivity index (χ0n) is 15.6. The minimum atomic E-state index is 0.335. The molecule has 24 heavy (non-hydrogen) atoms. The van der Waals surface area contributed by atoms with Crippen LogP contribution in [0.15, 0.2) is 0 Å². The lowest BCUT2D eigenvalue weighted by molar-refractivity contribution is -0.134. The molecule has 138 valence electrons. The minimum absolute atomic E-state index is 0.335. The zero-order valence-corrected chi connectivity index (χ0v) is 15.6. The van der Waals surface area contributed by atoms with Gasteiger partial charge < -0.3 is 14.7 Å². The van der Waals surface area contributed by atoms with Gasteiger partial charge in [-0.1, -0.05) is 6.42 Å². The van der Waals surface area contributed by atoms with Crippen LogP contribution < -0.4 is 0 Å². The molecule has 0 bridgehead atoms. The van der Waals surface area contributed by atoms with Crippen LogP contribution in [0.25, 0.3) is 0 Å². The van der Waals surface area contributed by atoms with Crippen molar-refractivity contribution in [3.05, 3.63) is 0 Å². The fourth-order valence-electron chi connectivity index (χ4n) is 4.17. The van der Waals surface area contributed by atoms with Gasteiger partial charge in [0.15, 0.2) is 0 Å². The maximum atomic E-state index is 12.7. The Morgan fingerprint density at radius 1 is 0.833 bits per heavy atom. The second-order valence-corrected chi connectivity index (χ2v) is 7.91. The molecular formula is C18H35N5O. The lowest BCUT2D eigenvalue weighted by Gasteiger charge is -2.39. The van der Waals surface area contributed by atoms with Crippen molar-refractivity contribution in [2.45, 2.75) is 25.3 Å². The van der Waals surface area contributed by atoms with Crippen LogP contribution in [0.5, 0.6) is 0 Å². The molecule has 0 aromatic rings. The number of carbonyl (C=O) groups excluding carboxylic acids is 1. The van der Waals surface area contributed by atoms with Gasteiger partial charge in [-0.25, -0.2) is 0 Å².